The molecule has 1 fully saturated rings. The van der Waals surface area contributed by atoms with Gasteiger partial charge in [-0.1, -0.05) is 12.1 Å². The smallest absolute Gasteiger partial charge is 0.263 e. The zero-order valence-electron chi connectivity index (χ0n) is 16.5. The van der Waals surface area contributed by atoms with Crippen molar-refractivity contribution in [3.05, 3.63) is 71.5 Å². The van der Waals surface area contributed by atoms with Crippen molar-refractivity contribution in [2.75, 3.05) is 22.7 Å². The molecule has 0 spiro atoms. The summed E-state index contributed by atoms with van der Waals surface area (Å²) in [6, 6.07) is 12.3. The van der Waals surface area contributed by atoms with Crippen molar-refractivity contribution in [3.63, 3.8) is 0 Å². The number of nitrogens with zero attached hydrogens (tertiary/aromatic N) is 2. The molecule has 1 amide bonds. The predicted octanol–water partition coefficient (Wildman–Crippen LogP) is 3.02. The van der Waals surface area contributed by atoms with Crippen LogP contribution in [-0.2, 0) is 21.2 Å². The highest BCUT2D eigenvalue weighted by molar-refractivity contribution is 7.93. The van der Waals surface area contributed by atoms with E-state index in [0.717, 1.165) is 5.56 Å². The van der Waals surface area contributed by atoms with E-state index in [1.54, 1.807) is 28.5 Å². The average molecular weight is 461 g/mol. The van der Waals surface area contributed by atoms with Gasteiger partial charge in [0, 0.05) is 23.8 Å². The summed E-state index contributed by atoms with van der Waals surface area (Å²) in [7, 11) is -3.73. The van der Waals surface area contributed by atoms with E-state index >= 15 is 0 Å². The number of rotatable bonds is 8. The fraction of sp³-hybridized carbons (Fsp3) is 0.238. The molecule has 2 heterocycles. The Bertz CT molecular complexity index is 1150. The summed E-state index contributed by atoms with van der Waals surface area (Å²) in [5.74, 6) is -0.330. The second-order valence-electron chi connectivity index (χ2n) is 7.10. The van der Waals surface area contributed by atoms with Crippen LogP contribution in [0.1, 0.15) is 12.0 Å². The number of halogens is 1. The van der Waals surface area contributed by atoms with E-state index in [1.165, 1.54) is 41.8 Å². The van der Waals surface area contributed by atoms with Gasteiger partial charge in [0.05, 0.1) is 10.9 Å². The maximum atomic E-state index is 13.3. The molecule has 10 heteroatoms. The van der Waals surface area contributed by atoms with Crippen molar-refractivity contribution in [1.82, 2.24) is 10.3 Å². The molecule has 0 radical (unpaired) electrons. The van der Waals surface area contributed by atoms with Crippen LogP contribution >= 0.6 is 11.3 Å². The van der Waals surface area contributed by atoms with Crippen LogP contribution in [0.2, 0.25) is 0 Å². The van der Waals surface area contributed by atoms with Crippen molar-refractivity contribution < 1.29 is 17.6 Å². The Balaban J connectivity index is 1.35. The van der Waals surface area contributed by atoms with Gasteiger partial charge in [-0.3, -0.25) is 9.52 Å². The monoisotopic (exact) mass is 460 g/mol. The zero-order chi connectivity index (χ0) is 21.8. The molecular formula is C21H21FN4O3S2. The predicted molar refractivity (Wildman–Crippen MR) is 118 cm³/mol. The van der Waals surface area contributed by atoms with E-state index in [9.17, 15) is 17.6 Å². The van der Waals surface area contributed by atoms with Crippen molar-refractivity contribution in [1.29, 1.82) is 0 Å². The molecule has 31 heavy (non-hydrogen) atoms. The highest BCUT2D eigenvalue weighted by Crippen LogP contribution is 2.25. The zero-order valence-corrected chi connectivity index (χ0v) is 18.1. The Kier molecular flexibility index (Phi) is 6.30. The molecule has 2 aromatic carbocycles. The number of thiazole rings is 1. The number of aromatic nitrogens is 1. The van der Waals surface area contributed by atoms with E-state index in [0.29, 0.717) is 36.8 Å². The number of hydrogen-bond donors (Lipinski definition) is 2. The summed E-state index contributed by atoms with van der Waals surface area (Å²) in [5.41, 5.74) is 1.52. The van der Waals surface area contributed by atoms with Crippen LogP contribution in [-0.4, -0.2) is 38.4 Å². The van der Waals surface area contributed by atoms with E-state index in [2.05, 4.69) is 15.0 Å². The minimum atomic E-state index is -3.73. The molecule has 0 aliphatic carbocycles. The SMILES string of the molecule is O=C1C(NCCc2cccc(F)c2)CCN1c1ccc(S(=O)(=O)Nc2nccs2)cc1. The van der Waals surface area contributed by atoms with Crippen LogP contribution in [0.25, 0.3) is 0 Å². The van der Waals surface area contributed by atoms with Crippen LogP contribution in [0, 0.1) is 5.82 Å². The third kappa shape index (κ3) is 5.09. The molecule has 1 aromatic heterocycles. The summed E-state index contributed by atoms with van der Waals surface area (Å²) in [6.07, 6.45) is 2.79. The lowest BCUT2D eigenvalue weighted by Gasteiger charge is -2.18. The number of nitrogens with one attached hydrogen (secondary N) is 2. The number of benzene rings is 2. The Hall–Kier alpha value is -2.82. The summed E-state index contributed by atoms with van der Waals surface area (Å²) >= 11 is 1.19. The molecule has 0 saturated carbocycles. The van der Waals surface area contributed by atoms with Gasteiger partial charge >= 0.3 is 0 Å². The molecule has 162 valence electrons. The van der Waals surface area contributed by atoms with Gasteiger partial charge in [-0.15, -0.1) is 11.3 Å². The van der Waals surface area contributed by atoms with E-state index in [4.69, 9.17) is 0 Å². The topological polar surface area (TPSA) is 91.4 Å². The fourth-order valence-corrected chi connectivity index (χ4v) is 5.25. The highest BCUT2D eigenvalue weighted by Gasteiger charge is 2.32. The normalized spacial score (nSPS) is 16.6. The Labute approximate surface area is 184 Å². The second kappa shape index (κ2) is 9.13. The Morgan fingerprint density at radius 1 is 1.19 bits per heavy atom. The van der Waals surface area contributed by atoms with Gasteiger partial charge in [0.15, 0.2) is 5.13 Å². The molecule has 0 bridgehead atoms. The minimum Gasteiger partial charge on any atom is -0.311 e. The van der Waals surface area contributed by atoms with Crippen LogP contribution < -0.4 is 14.9 Å². The number of carbonyl (C=O) groups excluding carboxylic acids is 1. The molecule has 4 rings (SSSR count). The Morgan fingerprint density at radius 2 is 2.00 bits per heavy atom. The van der Waals surface area contributed by atoms with Gasteiger partial charge in [-0.25, -0.2) is 17.8 Å². The minimum absolute atomic E-state index is 0.0595. The van der Waals surface area contributed by atoms with Crippen molar-refractivity contribution in [2.24, 2.45) is 0 Å². The third-order valence-electron chi connectivity index (χ3n) is 5.01. The maximum Gasteiger partial charge on any atom is 0.263 e. The van der Waals surface area contributed by atoms with Gasteiger partial charge in [0.25, 0.3) is 10.0 Å². The summed E-state index contributed by atoms with van der Waals surface area (Å²) in [6.45, 7) is 1.10. The number of carbonyl (C=O) groups is 1. The van der Waals surface area contributed by atoms with E-state index in [-0.39, 0.29) is 22.7 Å². The van der Waals surface area contributed by atoms with Gasteiger partial charge < -0.3 is 10.2 Å². The quantitative estimate of drug-likeness (QED) is 0.539. The molecule has 1 aliphatic heterocycles. The van der Waals surface area contributed by atoms with Crippen molar-refractivity contribution >= 4 is 38.1 Å². The first-order valence-electron chi connectivity index (χ1n) is 9.74. The fourth-order valence-electron chi connectivity index (χ4n) is 3.46. The molecule has 1 atom stereocenters. The lowest BCUT2D eigenvalue weighted by molar-refractivity contribution is -0.118. The number of hydrogen-bond acceptors (Lipinski definition) is 6. The summed E-state index contributed by atoms with van der Waals surface area (Å²) in [4.78, 5) is 18.4. The highest BCUT2D eigenvalue weighted by atomic mass is 32.2. The van der Waals surface area contributed by atoms with Gasteiger partial charge in [0.1, 0.15) is 5.82 Å². The largest absolute Gasteiger partial charge is 0.311 e. The van der Waals surface area contributed by atoms with Crippen LogP contribution in [0.3, 0.4) is 0 Å². The summed E-state index contributed by atoms with van der Waals surface area (Å²) < 4.78 is 40.6. The van der Waals surface area contributed by atoms with E-state index < -0.39 is 10.0 Å². The standard InChI is InChI=1S/C21H21FN4O3S2/c22-16-3-1-2-15(14-16)8-10-23-19-9-12-26(20(19)27)17-4-6-18(7-5-17)31(28,29)25-21-24-11-13-30-21/h1-7,11,13-14,19,23H,8-10,12H2,(H,24,25). The second-order valence-corrected chi connectivity index (χ2v) is 9.68. The van der Waals surface area contributed by atoms with Crippen molar-refractivity contribution in [2.45, 2.75) is 23.8 Å². The van der Waals surface area contributed by atoms with Crippen LogP contribution in [0.15, 0.2) is 65.0 Å². The average Bonchev–Trinajstić information content (AvgIpc) is 3.38. The first-order chi connectivity index (χ1) is 14.9. The van der Waals surface area contributed by atoms with Gasteiger partial charge in [0.2, 0.25) is 5.91 Å². The van der Waals surface area contributed by atoms with E-state index in [1.807, 2.05) is 6.07 Å². The Morgan fingerprint density at radius 3 is 2.71 bits per heavy atom. The number of anilines is 2. The molecule has 1 aliphatic rings. The first-order valence-corrected chi connectivity index (χ1v) is 12.1. The first kappa shape index (κ1) is 21.4. The molecule has 2 N–H and O–H groups in total. The molecule has 1 saturated heterocycles. The summed E-state index contributed by atoms with van der Waals surface area (Å²) in [5, 5.41) is 5.21. The molecule has 7 nitrogen and oxygen atoms in total. The molecular weight excluding hydrogens is 439 g/mol. The third-order valence-corrected chi connectivity index (χ3v) is 7.18. The lowest BCUT2D eigenvalue weighted by Crippen LogP contribution is -2.39. The molecule has 3 aromatic rings. The van der Waals surface area contributed by atoms with Crippen LogP contribution in [0.4, 0.5) is 15.2 Å². The lowest BCUT2D eigenvalue weighted by atomic mass is 10.1. The number of amides is 1. The van der Waals surface area contributed by atoms with Crippen molar-refractivity contribution in [3.8, 4) is 0 Å². The van der Waals surface area contributed by atoms with Gasteiger partial charge in [-0.2, -0.15) is 0 Å². The number of sulfonamides is 1. The van der Waals surface area contributed by atoms with Gasteiger partial charge in [-0.05, 0) is 61.3 Å². The molecule has 1 unspecified atom stereocenters. The maximum absolute atomic E-state index is 13.3. The van der Waals surface area contributed by atoms with Crippen LogP contribution in [0.5, 0.6) is 0 Å².